The molecule has 0 saturated carbocycles. The minimum atomic E-state index is -1.82. The van der Waals surface area contributed by atoms with Crippen molar-refractivity contribution in [3.63, 3.8) is 0 Å². The fraction of sp³-hybridized carbons (Fsp3) is 0.444. The van der Waals surface area contributed by atoms with Crippen LogP contribution in [0.5, 0.6) is 0 Å². The van der Waals surface area contributed by atoms with E-state index in [0.29, 0.717) is 26.3 Å². The summed E-state index contributed by atoms with van der Waals surface area (Å²) in [5.74, 6) is -4.51. The lowest BCUT2D eigenvalue weighted by Crippen LogP contribution is -2.30. The molecule has 150 valence electrons. The fourth-order valence-corrected chi connectivity index (χ4v) is 1.94. The molecular formula is C18H25NO8. The summed E-state index contributed by atoms with van der Waals surface area (Å²) in [7, 11) is 0. The largest absolute Gasteiger partial charge is 0.473 e. The van der Waals surface area contributed by atoms with E-state index in [1.807, 2.05) is 30.3 Å². The summed E-state index contributed by atoms with van der Waals surface area (Å²) < 4.78 is 9.95. The van der Waals surface area contributed by atoms with E-state index in [4.69, 9.17) is 29.3 Å². The molecule has 0 aliphatic rings. The molecule has 0 aromatic heterocycles. The number of carboxylic acids is 2. The molecule has 9 heteroatoms. The van der Waals surface area contributed by atoms with Crippen molar-refractivity contribution in [1.82, 2.24) is 5.32 Å². The zero-order chi connectivity index (χ0) is 20.7. The average molecular weight is 383 g/mol. The molecule has 3 N–H and O–H groups in total. The Labute approximate surface area is 157 Å². The monoisotopic (exact) mass is 383 g/mol. The average Bonchev–Trinajstić information content (AvgIpc) is 2.63. The Morgan fingerprint density at radius 3 is 2.00 bits per heavy atom. The molecule has 0 fully saturated rings. The van der Waals surface area contributed by atoms with E-state index in [9.17, 15) is 9.59 Å². The van der Waals surface area contributed by atoms with E-state index >= 15 is 0 Å². The van der Waals surface area contributed by atoms with Crippen molar-refractivity contribution in [1.29, 1.82) is 0 Å². The molecule has 1 atom stereocenters. The summed E-state index contributed by atoms with van der Waals surface area (Å²) in [4.78, 5) is 41.5. The van der Waals surface area contributed by atoms with Crippen LogP contribution in [0.2, 0.25) is 0 Å². The highest BCUT2D eigenvalue weighted by molar-refractivity contribution is 6.27. The molecule has 0 amide bonds. The number of aliphatic carboxylic acids is 2. The van der Waals surface area contributed by atoms with Crippen LogP contribution in [0, 0.1) is 0 Å². The van der Waals surface area contributed by atoms with Crippen molar-refractivity contribution < 1.29 is 38.9 Å². The lowest BCUT2D eigenvalue weighted by atomic mass is 9.99. The Hall–Kier alpha value is -2.94. The molecule has 0 aliphatic heterocycles. The van der Waals surface area contributed by atoms with Crippen LogP contribution in [-0.2, 0) is 28.7 Å². The van der Waals surface area contributed by atoms with E-state index < -0.39 is 11.9 Å². The number of nitrogens with one attached hydrogen (secondary N) is 1. The summed E-state index contributed by atoms with van der Waals surface area (Å²) in [5, 5.41) is 17.9. The van der Waals surface area contributed by atoms with Crippen LogP contribution in [0.3, 0.4) is 0 Å². The minimum Gasteiger partial charge on any atom is -0.473 e. The number of carbonyl (C=O) groups excluding carboxylic acids is 2. The topological polar surface area (TPSA) is 139 Å². The molecular weight excluding hydrogens is 358 g/mol. The molecule has 0 saturated heterocycles. The van der Waals surface area contributed by atoms with Gasteiger partial charge in [0.05, 0.1) is 25.6 Å². The van der Waals surface area contributed by atoms with Crippen LogP contribution in [0.25, 0.3) is 0 Å². The van der Waals surface area contributed by atoms with Gasteiger partial charge in [-0.2, -0.15) is 0 Å². The van der Waals surface area contributed by atoms with Crippen molar-refractivity contribution in [3.05, 3.63) is 35.9 Å². The van der Waals surface area contributed by atoms with Gasteiger partial charge in [0.1, 0.15) is 0 Å². The van der Waals surface area contributed by atoms with Crippen LogP contribution < -0.4 is 5.32 Å². The molecule has 0 heterocycles. The van der Waals surface area contributed by atoms with E-state index in [-0.39, 0.29) is 24.3 Å². The third-order valence-corrected chi connectivity index (χ3v) is 3.12. The summed E-state index contributed by atoms with van der Waals surface area (Å²) in [6.45, 7) is 5.20. The Balaban J connectivity index is 0.000000972. The lowest BCUT2D eigenvalue weighted by Gasteiger charge is -2.16. The van der Waals surface area contributed by atoms with Crippen molar-refractivity contribution in [2.24, 2.45) is 0 Å². The van der Waals surface area contributed by atoms with Gasteiger partial charge in [-0.25, -0.2) is 9.59 Å². The Morgan fingerprint density at radius 1 is 0.963 bits per heavy atom. The molecule has 9 nitrogen and oxygen atoms in total. The Morgan fingerprint density at radius 2 is 1.52 bits per heavy atom. The van der Waals surface area contributed by atoms with Gasteiger partial charge in [-0.1, -0.05) is 30.3 Å². The predicted octanol–water partition coefficient (Wildman–Crippen LogP) is 1.03. The van der Waals surface area contributed by atoms with Gasteiger partial charge in [0, 0.05) is 13.1 Å². The van der Waals surface area contributed by atoms with Gasteiger partial charge in [-0.3, -0.25) is 9.59 Å². The smallest absolute Gasteiger partial charge is 0.414 e. The first-order valence-electron chi connectivity index (χ1n) is 8.37. The number of esters is 2. The highest BCUT2D eigenvalue weighted by atomic mass is 16.5. The minimum absolute atomic E-state index is 0.239. The number of rotatable bonds is 9. The molecule has 0 aliphatic carbocycles. The van der Waals surface area contributed by atoms with Crippen LogP contribution in [0.4, 0.5) is 0 Å². The zero-order valence-corrected chi connectivity index (χ0v) is 15.3. The van der Waals surface area contributed by atoms with Gasteiger partial charge in [0.2, 0.25) is 0 Å². The van der Waals surface area contributed by atoms with Crippen LogP contribution >= 0.6 is 0 Å². The van der Waals surface area contributed by atoms with Crippen molar-refractivity contribution in [3.8, 4) is 0 Å². The number of carboxylic acid groups (broad SMARTS) is 2. The van der Waals surface area contributed by atoms with Crippen LogP contribution in [-0.4, -0.2) is 60.4 Å². The van der Waals surface area contributed by atoms with Crippen molar-refractivity contribution >= 4 is 23.9 Å². The normalized spacial score (nSPS) is 10.7. The first kappa shape index (κ1) is 24.1. The maximum Gasteiger partial charge on any atom is 0.414 e. The quantitative estimate of drug-likeness (QED) is 0.324. The maximum atomic E-state index is 12.0. The maximum absolute atomic E-state index is 12.0. The number of ether oxygens (including phenoxy) is 2. The molecule has 1 unspecified atom stereocenters. The van der Waals surface area contributed by atoms with Crippen LogP contribution in [0.1, 0.15) is 31.7 Å². The Bertz CT molecular complexity index is 591. The van der Waals surface area contributed by atoms with Gasteiger partial charge in [-0.05, 0) is 19.4 Å². The van der Waals surface area contributed by atoms with E-state index in [1.165, 1.54) is 0 Å². The first-order valence-corrected chi connectivity index (χ1v) is 8.37. The van der Waals surface area contributed by atoms with Crippen LogP contribution in [0.15, 0.2) is 30.3 Å². The second kappa shape index (κ2) is 14.3. The van der Waals surface area contributed by atoms with E-state index in [0.717, 1.165) is 5.56 Å². The summed E-state index contributed by atoms with van der Waals surface area (Å²) in [5.41, 5.74) is 0.902. The summed E-state index contributed by atoms with van der Waals surface area (Å²) in [6.07, 6.45) is 0.290. The Kier molecular flexibility index (Phi) is 12.7. The number of hydrogen-bond acceptors (Lipinski definition) is 7. The van der Waals surface area contributed by atoms with Gasteiger partial charge in [0.25, 0.3) is 0 Å². The predicted molar refractivity (Wildman–Crippen MR) is 95.2 cm³/mol. The number of hydrogen-bond donors (Lipinski definition) is 3. The number of benzene rings is 1. The standard InChI is InChI=1S/C16H23NO4.C2H2O4/c1-3-20-15(18)10-11-17-12-14(16(19)21-4-2)13-8-6-5-7-9-13;3-1(4)2(5)6/h5-9,14,17H,3-4,10-12H2,1-2H3;(H,3,4)(H,5,6). The first-order chi connectivity index (χ1) is 12.8. The second-order valence-electron chi connectivity index (χ2n) is 5.08. The highest BCUT2D eigenvalue weighted by Crippen LogP contribution is 2.16. The molecule has 0 spiro atoms. The summed E-state index contributed by atoms with van der Waals surface area (Å²) in [6, 6.07) is 9.48. The molecule has 1 aromatic carbocycles. The van der Waals surface area contributed by atoms with E-state index in [1.54, 1.807) is 13.8 Å². The third-order valence-electron chi connectivity index (χ3n) is 3.12. The molecule has 1 rings (SSSR count). The molecule has 27 heavy (non-hydrogen) atoms. The van der Waals surface area contributed by atoms with Gasteiger partial charge < -0.3 is 25.0 Å². The van der Waals surface area contributed by atoms with E-state index in [2.05, 4.69) is 5.32 Å². The third kappa shape index (κ3) is 11.3. The SMILES string of the molecule is CCOC(=O)CCNCC(C(=O)OCC)c1ccccc1.O=C(O)C(=O)O. The summed E-state index contributed by atoms with van der Waals surface area (Å²) >= 11 is 0. The van der Waals surface area contributed by atoms with Gasteiger partial charge in [-0.15, -0.1) is 0 Å². The molecule has 0 bridgehead atoms. The van der Waals surface area contributed by atoms with Crippen molar-refractivity contribution in [2.45, 2.75) is 26.2 Å². The van der Waals surface area contributed by atoms with Gasteiger partial charge >= 0.3 is 23.9 Å². The molecule has 1 aromatic rings. The van der Waals surface area contributed by atoms with Gasteiger partial charge in [0.15, 0.2) is 0 Å². The second-order valence-corrected chi connectivity index (χ2v) is 5.08. The lowest BCUT2D eigenvalue weighted by molar-refractivity contribution is -0.159. The zero-order valence-electron chi connectivity index (χ0n) is 15.3. The molecule has 0 radical (unpaired) electrons. The van der Waals surface area contributed by atoms with Crippen molar-refractivity contribution in [2.75, 3.05) is 26.3 Å². The number of carbonyl (C=O) groups is 4. The fourth-order valence-electron chi connectivity index (χ4n) is 1.94. The highest BCUT2D eigenvalue weighted by Gasteiger charge is 2.21.